The molecule has 3 aromatic rings. The van der Waals surface area contributed by atoms with Crippen LogP contribution in [0.2, 0.25) is 0 Å². The van der Waals surface area contributed by atoms with Crippen LogP contribution in [0.4, 0.5) is 11.5 Å². The second-order valence-corrected chi connectivity index (χ2v) is 5.40. The molecule has 1 aromatic carbocycles. The van der Waals surface area contributed by atoms with E-state index in [0.717, 1.165) is 16.5 Å². The first-order valence-electron chi connectivity index (χ1n) is 6.02. The van der Waals surface area contributed by atoms with E-state index in [-0.39, 0.29) is 0 Å². The van der Waals surface area contributed by atoms with Crippen molar-refractivity contribution in [1.29, 1.82) is 0 Å². The Labute approximate surface area is 116 Å². The maximum atomic E-state index is 4.29. The van der Waals surface area contributed by atoms with Crippen molar-refractivity contribution in [2.75, 3.05) is 5.32 Å². The van der Waals surface area contributed by atoms with Crippen LogP contribution in [0.3, 0.4) is 0 Å². The molecule has 0 atom stereocenters. The fourth-order valence-corrected chi connectivity index (χ4v) is 2.60. The molecule has 0 unspecified atom stereocenters. The number of thiazole rings is 1. The lowest BCUT2D eigenvalue weighted by molar-refractivity contribution is 1.30. The van der Waals surface area contributed by atoms with E-state index in [1.165, 1.54) is 10.4 Å². The van der Waals surface area contributed by atoms with Gasteiger partial charge in [-0.25, -0.2) is 9.97 Å². The van der Waals surface area contributed by atoms with E-state index >= 15 is 0 Å². The summed E-state index contributed by atoms with van der Waals surface area (Å²) in [4.78, 5) is 9.73. The standard InChI is InChI=1S/C15H13N3S/c1-11-17-10-14(19-11)12-5-4-6-13(9-12)18-15-7-2-3-8-16-15/h2-10H,1H3,(H,16,18). The topological polar surface area (TPSA) is 37.8 Å². The molecule has 3 nitrogen and oxygen atoms in total. The number of nitrogens with zero attached hydrogens (tertiary/aromatic N) is 2. The van der Waals surface area contributed by atoms with Crippen molar-refractivity contribution in [1.82, 2.24) is 9.97 Å². The van der Waals surface area contributed by atoms with Crippen LogP contribution >= 0.6 is 11.3 Å². The van der Waals surface area contributed by atoms with Crippen molar-refractivity contribution in [3.63, 3.8) is 0 Å². The molecule has 19 heavy (non-hydrogen) atoms. The van der Waals surface area contributed by atoms with E-state index in [9.17, 15) is 0 Å². The normalized spacial score (nSPS) is 10.4. The van der Waals surface area contributed by atoms with E-state index in [1.54, 1.807) is 17.5 Å². The van der Waals surface area contributed by atoms with Gasteiger partial charge in [0.25, 0.3) is 0 Å². The summed E-state index contributed by atoms with van der Waals surface area (Å²) in [5.41, 5.74) is 2.20. The molecule has 0 saturated carbocycles. The number of aryl methyl sites for hydroxylation is 1. The third-order valence-corrected chi connectivity index (χ3v) is 3.67. The molecule has 0 aliphatic rings. The SMILES string of the molecule is Cc1ncc(-c2cccc(Nc3ccccn3)c2)s1. The van der Waals surface area contributed by atoms with Crippen molar-refractivity contribution >= 4 is 22.8 Å². The zero-order valence-electron chi connectivity index (χ0n) is 10.5. The van der Waals surface area contributed by atoms with Gasteiger partial charge in [-0.2, -0.15) is 0 Å². The van der Waals surface area contributed by atoms with E-state index in [2.05, 4.69) is 27.4 Å². The highest BCUT2D eigenvalue weighted by molar-refractivity contribution is 7.15. The Balaban J connectivity index is 1.88. The van der Waals surface area contributed by atoms with Gasteiger partial charge >= 0.3 is 0 Å². The lowest BCUT2D eigenvalue weighted by Crippen LogP contribution is -1.92. The molecule has 1 N–H and O–H groups in total. The molecule has 0 aliphatic carbocycles. The van der Waals surface area contributed by atoms with Gasteiger partial charge in [-0.3, -0.25) is 0 Å². The molecule has 0 aliphatic heterocycles. The summed E-state index contributed by atoms with van der Waals surface area (Å²) in [5.74, 6) is 0.847. The van der Waals surface area contributed by atoms with Crippen LogP contribution in [0, 0.1) is 6.92 Å². The molecular weight excluding hydrogens is 254 g/mol. The Hall–Kier alpha value is -2.20. The zero-order valence-corrected chi connectivity index (χ0v) is 11.3. The first-order valence-corrected chi connectivity index (χ1v) is 6.84. The lowest BCUT2D eigenvalue weighted by atomic mass is 10.2. The number of pyridine rings is 1. The predicted octanol–water partition coefficient (Wildman–Crippen LogP) is 4.26. The number of benzene rings is 1. The number of aromatic nitrogens is 2. The highest BCUT2D eigenvalue weighted by Gasteiger charge is 2.03. The Kier molecular flexibility index (Phi) is 3.25. The largest absolute Gasteiger partial charge is 0.340 e. The molecule has 2 heterocycles. The van der Waals surface area contributed by atoms with Crippen LogP contribution in [0.1, 0.15) is 5.01 Å². The van der Waals surface area contributed by atoms with Gasteiger partial charge in [0.2, 0.25) is 0 Å². The molecule has 0 spiro atoms. The van der Waals surface area contributed by atoms with Crippen molar-refractivity contribution in [3.8, 4) is 10.4 Å². The van der Waals surface area contributed by atoms with Gasteiger partial charge in [-0.1, -0.05) is 18.2 Å². The Bertz CT molecular complexity index is 677. The number of nitrogens with one attached hydrogen (secondary N) is 1. The third-order valence-electron chi connectivity index (χ3n) is 2.71. The van der Waals surface area contributed by atoms with E-state index in [1.807, 2.05) is 43.5 Å². The molecule has 3 rings (SSSR count). The predicted molar refractivity (Wildman–Crippen MR) is 79.8 cm³/mol. The van der Waals surface area contributed by atoms with E-state index in [4.69, 9.17) is 0 Å². The summed E-state index contributed by atoms with van der Waals surface area (Å²) >= 11 is 1.70. The molecule has 2 aromatic heterocycles. The first-order chi connectivity index (χ1) is 9.31. The number of anilines is 2. The average Bonchev–Trinajstić information content (AvgIpc) is 2.87. The highest BCUT2D eigenvalue weighted by atomic mass is 32.1. The number of rotatable bonds is 3. The second-order valence-electron chi connectivity index (χ2n) is 4.16. The summed E-state index contributed by atoms with van der Waals surface area (Å²) < 4.78 is 0. The molecule has 4 heteroatoms. The van der Waals surface area contributed by atoms with Crippen molar-refractivity contribution in [2.24, 2.45) is 0 Å². The van der Waals surface area contributed by atoms with Gasteiger partial charge in [0.15, 0.2) is 0 Å². The Morgan fingerprint density at radius 2 is 2.00 bits per heavy atom. The number of hydrogen-bond donors (Lipinski definition) is 1. The van der Waals surface area contributed by atoms with E-state index < -0.39 is 0 Å². The summed E-state index contributed by atoms with van der Waals surface area (Å²) in [7, 11) is 0. The van der Waals surface area contributed by atoms with Crippen LogP contribution in [0.25, 0.3) is 10.4 Å². The summed E-state index contributed by atoms with van der Waals surface area (Å²) in [5, 5.41) is 4.38. The summed E-state index contributed by atoms with van der Waals surface area (Å²) in [6.45, 7) is 2.02. The van der Waals surface area contributed by atoms with Crippen molar-refractivity contribution in [3.05, 3.63) is 59.9 Å². The quantitative estimate of drug-likeness (QED) is 0.770. The van der Waals surface area contributed by atoms with Crippen LogP contribution in [0.15, 0.2) is 54.9 Å². The fourth-order valence-electron chi connectivity index (χ4n) is 1.83. The molecule has 0 amide bonds. The minimum atomic E-state index is 0.847. The lowest BCUT2D eigenvalue weighted by Gasteiger charge is -2.06. The van der Waals surface area contributed by atoms with Gasteiger partial charge in [-0.05, 0) is 36.8 Å². The smallest absolute Gasteiger partial charge is 0.130 e. The highest BCUT2D eigenvalue weighted by Crippen LogP contribution is 2.28. The molecule has 94 valence electrons. The summed E-state index contributed by atoms with van der Waals surface area (Å²) in [6, 6.07) is 14.1. The summed E-state index contributed by atoms with van der Waals surface area (Å²) in [6.07, 6.45) is 3.69. The van der Waals surface area contributed by atoms with Crippen molar-refractivity contribution in [2.45, 2.75) is 6.92 Å². The minimum absolute atomic E-state index is 0.847. The zero-order chi connectivity index (χ0) is 13.1. The molecule has 0 saturated heterocycles. The maximum Gasteiger partial charge on any atom is 0.130 e. The fraction of sp³-hybridized carbons (Fsp3) is 0.0667. The molecule has 0 radical (unpaired) electrons. The van der Waals surface area contributed by atoms with Crippen LogP contribution in [-0.4, -0.2) is 9.97 Å². The molecule has 0 fully saturated rings. The van der Waals surface area contributed by atoms with Crippen LogP contribution in [-0.2, 0) is 0 Å². The number of hydrogen-bond acceptors (Lipinski definition) is 4. The van der Waals surface area contributed by atoms with Gasteiger partial charge in [0.1, 0.15) is 5.82 Å². The Morgan fingerprint density at radius 1 is 1.05 bits per heavy atom. The van der Waals surface area contributed by atoms with Crippen molar-refractivity contribution < 1.29 is 0 Å². The van der Waals surface area contributed by atoms with Gasteiger partial charge in [0, 0.05) is 18.1 Å². The van der Waals surface area contributed by atoms with Gasteiger partial charge in [0.05, 0.1) is 9.88 Å². The monoisotopic (exact) mass is 267 g/mol. The average molecular weight is 267 g/mol. The first kappa shape index (κ1) is 11.9. The molecular formula is C15H13N3S. The van der Waals surface area contributed by atoms with Crippen LogP contribution in [0.5, 0.6) is 0 Å². The van der Waals surface area contributed by atoms with E-state index in [0.29, 0.717) is 0 Å². The van der Waals surface area contributed by atoms with Crippen LogP contribution < -0.4 is 5.32 Å². The maximum absolute atomic E-state index is 4.29. The van der Waals surface area contributed by atoms with Gasteiger partial charge < -0.3 is 5.32 Å². The second kappa shape index (κ2) is 5.20. The third kappa shape index (κ3) is 2.80. The Morgan fingerprint density at radius 3 is 2.74 bits per heavy atom. The molecule has 0 bridgehead atoms. The minimum Gasteiger partial charge on any atom is -0.340 e. The van der Waals surface area contributed by atoms with Gasteiger partial charge in [-0.15, -0.1) is 11.3 Å².